The summed E-state index contributed by atoms with van der Waals surface area (Å²) >= 11 is 6.02. The summed E-state index contributed by atoms with van der Waals surface area (Å²) in [4.78, 5) is 4.50. The van der Waals surface area contributed by atoms with Crippen LogP contribution >= 0.6 is 11.6 Å². The first-order chi connectivity index (χ1) is 11.6. The summed E-state index contributed by atoms with van der Waals surface area (Å²) in [6, 6.07) is 12.5. The molecule has 122 valence electrons. The van der Waals surface area contributed by atoms with Crippen molar-refractivity contribution < 1.29 is 9.84 Å². The Hall–Kier alpha value is -2.79. The number of nitrogens with zero attached hydrogens (tertiary/aromatic N) is 2. The number of phenolic OH excluding ortho intramolecular Hbond substituents is 1. The number of hydrogen-bond acceptors (Lipinski definition) is 5. The number of aromatic nitrogens is 1. The second-order valence-corrected chi connectivity index (χ2v) is 5.72. The highest BCUT2D eigenvalue weighted by Gasteiger charge is 2.03. The Morgan fingerprint density at radius 2 is 2.04 bits per heavy atom. The number of nitrogens with one attached hydrogen (secondary N) is 1. The number of aromatic hydroxyl groups is 1. The first-order valence-corrected chi connectivity index (χ1v) is 7.67. The fourth-order valence-corrected chi connectivity index (χ4v) is 2.56. The maximum atomic E-state index is 9.75. The lowest BCUT2D eigenvalue weighted by molar-refractivity contribution is 0.373. The van der Waals surface area contributed by atoms with E-state index < -0.39 is 0 Å². The Morgan fingerprint density at radius 3 is 2.79 bits per heavy atom. The molecule has 6 heteroatoms. The summed E-state index contributed by atoms with van der Waals surface area (Å²) in [5, 5.41) is 15.6. The summed E-state index contributed by atoms with van der Waals surface area (Å²) in [6.45, 7) is 2.00. The van der Waals surface area contributed by atoms with Crippen molar-refractivity contribution in [1.29, 1.82) is 0 Å². The van der Waals surface area contributed by atoms with Gasteiger partial charge in [-0.3, -0.25) is 5.43 Å². The molecule has 0 aliphatic rings. The van der Waals surface area contributed by atoms with Crippen LogP contribution in [0, 0.1) is 6.92 Å². The zero-order chi connectivity index (χ0) is 17.1. The van der Waals surface area contributed by atoms with Gasteiger partial charge in [0.05, 0.1) is 18.8 Å². The SMILES string of the molecule is COc1ccc(/C=N/Nc2cc(C)c3cc(Cl)ccc3n2)cc1O. The van der Waals surface area contributed by atoms with E-state index in [-0.39, 0.29) is 5.75 Å². The Labute approximate surface area is 144 Å². The molecule has 0 radical (unpaired) electrons. The molecule has 5 nitrogen and oxygen atoms in total. The average Bonchev–Trinajstić information content (AvgIpc) is 2.56. The van der Waals surface area contributed by atoms with Crippen molar-refractivity contribution in [3.8, 4) is 11.5 Å². The second kappa shape index (κ2) is 6.76. The molecule has 1 heterocycles. The van der Waals surface area contributed by atoms with E-state index in [2.05, 4.69) is 15.5 Å². The van der Waals surface area contributed by atoms with E-state index in [1.807, 2.05) is 31.2 Å². The summed E-state index contributed by atoms with van der Waals surface area (Å²) in [7, 11) is 1.51. The second-order valence-electron chi connectivity index (χ2n) is 5.29. The number of phenols is 1. The Bertz CT molecular complexity index is 926. The average molecular weight is 342 g/mol. The number of anilines is 1. The zero-order valence-electron chi connectivity index (χ0n) is 13.2. The summed E-state index contributed by atoms with van der Waals surface area (Å²) in [5.41, 5.74) is 5.55. The predicted octanol–water partition coefficient (Wildman–Crippen LogP) is 4.36. The minimum Gasteiger partial charge on any atom is -0.504 e. The van der Waals surface area contributed by atoms with Crippen molar-refractivity contribution >= 4 is 34.5 Å². The van der Waals surface area contributed by atoms with Crippen molar-refractivity contribution in [3.63, 3.8) is 0 Å². The summed E-state index contributed by atoms with van der Waals surface area (Å²) in [5.74, 6) is 1.12. The molecule has 2 N–H and O–H groups in total. The summed E-state index contributed by atoms with van der Waals surface area (Å²) < 4.78 is 5.01. The Morgan fingerprint density at radius 1 is 1.21 bits per heavy atom. The van der Waals surface area contributed by atoms with Crippen molar-refractivity contribution in [1.82, 2.24) is 4.98 Å². The molecular weight excluding hydrogens is 326 g/mol. The van der Waals surface area contributed by atoms with Crippen LogP contribution < -0.4 is 10.2 Å². The van der Waals surface area contributed by atoms with Gasteiger partial charge in [-0.1, -0.05) is 11.6 Å². The van der Waals surface area contributed by atoms with Gasteiger partial charge in [0, 0.05) is 10.4 Å². The van der Waals surface area contributed by atoms with Gasteiger partial charge in [-0.05, 0) is 60.5 Å². The number of pyridine rings is 1. The lowest BCUT2D eigenvalue weighted by atomic mass is 10.1. The van der Waals surface area contributed by atoms with Gasteiger partial charge >= 0.3 is 0 Å². The molecule has 0 atom stereocenters. The van der Waals surface area contributed by atoms with Crippen molar-refractivity contribution in [3.05, 3.63) is 58.6 Å². The maximum Gasteiger partial charge on any atom is 0.160 e. The molecular formula is C18H16ClN3O2. The number of aryl methyl sites for hydroxylation is 1. The highest BCUT2D eigenvalue weighted by molar-refractivity contribution is 6.31. The van der Waals surface area contributed by atoms with Gasteiger partial charge in [0.2, 0.25) is 0 Å². The number of methoxy groups -OCH3 is 1. The van der Waals surface area contributed by atoms with E-state index in [4.69, 9.17) is 16.3 Å². The monoisotopic (exact) mass is 341 g/mol. The standard InChI is InChI=1S/C18H16ClN3O2/c1-11-7-18(21-15-5-4-13(19)9-14(11)15)22-20-10-12-3-6-17(24-2)16(23)8-12/h3-10,23H,1-2H3,(H,21,22)/b20-10+. The van der Waals surface area contributed by atoms with Crippen LogP contribution in [0.2, 0.25) is 5.02 Å². The quantitative estimate of drug-likeness (QED) is 0.546. The van der Waals surface area contributed by atoms with Crippen LogP contribution in [0.1, 0.15) is 11.1 Å². The molecule has 0 unspecified atom stereocenters. The topological polar surface area (TPSA) is 66.7 Å². The molecule has 24 heavy (non-hydrogen) atoms. The number of fused-ring (bicyclic) bond motifs is 1. The highest BCUT2D eigenvalue weighted by Crippen LogP contribution is 2.26. The lowest BCUT2D eigenvalue weighted by Crippen LogP contribution is -1.95. The number of rotatable bonds is 4. The van der Waals surface area contributed by atoms with Gasteiger partial charge in [-0.15, -0.1) is 0 Å². The van der Waals surface area contributed by atoms with E-state index in [9.17, 15) is 5.11 Å². The minimum atomic E-state index is 0.0676. The fourth-order valence-electron chi connectivity index (χ4n) is 2.38. The van der Waals surface area contributed by atoms with Gasteiger partial charge in [-0.2, -0.15) is 5.10 Å². The van der Waals surface area contributed by atoms with Gasteiger partial charge < -0.3 is 9.84 Å². The maximum absolute atomic E-state index is 9.75. The molecule has 0 saturated carbocycles. The van der Waals surface area contributed by atoms with E-state index in [0.29, 0.717) is 16.6 Å². The fraction of sp³-hybridized carbons (Fsp3) is 0.111. The van der Waals surface area contributed by atoms with Crippen molar-refractivity contribution in [2.24, 2.45) is 5.10 Å². The third-order valence-corrected chi connectivity index (χ3v) is 3.81. The number of ether oxygens (including phenoxy) is 1. The van der Waals surface area contributed by atoms with Crippen LogP contribution in [0.25, 0.3) is 10.9 Å². The molecule has 0 aliphatic heterocycles. The van der Waals surface area contributed by atoms with Crippen LogP contribution in [0.4, 0.5) is 5.82 Å². The van der Waals surface area contributed by atoms with Crippen molar-refractivity contribution in [2.45, 2.75) is 6.92 Å². The smallest absolute Gasteiger partial charge is 0.160 e. The first-order valence-electron chi connectivity index (χ1n) is 7.30. The van der Waals surface area contributed by atoms with Gasteiger partial charge in [0.25, 0.3) is 0 Å². The summed E-state index contributed by atoms with van der Waals surface area (Å²) in [6.07, 6.45) is 1.60. The van der Waals surface area contributed by atoms with E-state index in [0.717, 1.165) is 22.0 Å². The minimum absolute atomic E-state index is 0.0676. The molecule has 3 aromatic rings. The molecule has 0 aliphatic carbocycles. The number of benzene rings is 2. The first kappa shape index (κ1) is 16.1. The van der Waals surface area contributed by atoms with E-state index in [1.165, 1.54) is 7.11 Å². The van der Waals surface area contributed by atoms with E-state index in [1.54, 1.807) is 24.4 Å². The largest absolute Gasteiger partial charge is 0.504 e. The van der Waals surface area contributed by atoms with E-state index >= 15 is 0 Å². The van der Waals surface area contributed by atoms with Crippen LogP contribution in [0.3, 0.4) is 0 Å². The van der Waals surface area contributed by atoms with Crippen LogP contribution in [0.15, 0.2) is 47.6 Å². The zero-order valence-corrected chi connectivity index (χ0v) is 14.0. The molecule has 3 rings (SSSR count). The number of halogens is 1. The predicted molar refractivity (Wildman–Crippen MR) is 97.4 cm³/mol. The Balaban J connectivity index is 1.80. The number of hydrazone groups is 1. The molecule has 2 aromatic carbocycles. The van der Waals surface area contributed by atoms with Gasteiger partial charge in [-0.25, -0.2) is 4.98 Å². The lowest BCUT2D eigenvalue weighted by Gasteiger charge is -2.06. The molecule has 0 saturated heterocycles. The highest BCUT2D eigenvalue weighted by atomic mass is 35.5. The van der Waals surface area contributed by atoms with Gasteiger partial charge in [0.15, 0.2) is 11.5 Å². The van der Waals surface area contributed by atoms with Gasteiger partial charge in [0.1, 0.15) is 5.82 Å². The van der Waals surface area contributed by atoms with Crippen LogP contribution in [-0.2, 0) is 0 Å². The molecule has 0 bridgehead atoms. The Kier molecular flexibility index (Phi) is 4.53. The van der Waals surface area contributed by atoms with Crippen molar-refractivity contribution in [2.75, 3.05) is 12.5 Å². The molecule has 0 amide bonds. The third-order valence-electron chi connectivity index (χ3n) is 3.57. The normalized spacial score (nSPS) is 11.1. The molecule has 0 spiro atoms. The number of hydrogen-bond donors (Lipinski definition) is 2. The molecule has 0 fully saturated rings. The molecule has 1 aromatic heterocycles. The third kappa shape index (κ3) is 3.41. The van der Waals surface area contributed by atoms with Crippen LogP contribution in [-0.4, -0.2) is 23.4 Å². The van der Waals surface area contributed by atoms with Crippen LogP contribution in [0.5, 0.6) is 11.5 Å².